The molecule has 0 aromatic carbocycles. The molecule has 0 aliphatic heterocycles. The van der Waals surface area contributed by atoms with Crippen LogP contribution in [-0.2, 0) is 4.74 Å². The third kappa shape index (κ3) is 10.3. The molecule has 120 valence electrons. The van der Waals surface area contributed by atoms with Gasteiger partial charge in [0.15, 0.2) is 0 Å². The first-order valence-corrected chi connectivity index (χ1v) is 16.6. The average molecular weight is 389 g/mol. The van der Waals surface area contributed by atoms with Gasteiger partial charge < -0.3 is 0 Å². The molecule has 0 saturated heterocycles. The van der Waals surface area contributed by atoms with E-state index in [1.807, 2.05) is 0 Å². The Balaban J connectivity index is 4.56. The van der Waals surface area contributed by atoms with Crippen LogP contribution in [0.15, 0.2) is 10.2 Å². The molecule has 0 atom stereocenters. The summed E-state index contributed by atoms with van der Waals surface area (Å²) in [5, 5.41) is 0. The van der Waals surface area contributed by atoms with E-state index < -0.39 is 18.4 Å². The quantitative estimate of drug-likeness (QED) is 0.248. The van der Waals surface area contributed by atoms with Crippen molar-refractivity contribution in [1.82, 2.24) is 0 Å². The van der Waals surface area contributed by atoms with Crippen LogP contribution in [-0.4, -0.2) is 32.1 Å². The summed E-state index contributed by atoms with van der Waals surface area (Å²) in [6.45, 7) is 7.95. The molecule has 0 unspecified atom stereocenters. The fourth-order valence-corrected chi connectivity index (χ4v) is 17.4. The first kappa shape index (κ1) is 20.5. The van der Waals surface area contributed by atoms with Crippen molar-refractivity contribution >= 4 is 18.4 Å². The van der Waals surface area contributed by atoms with Crippen LogP contribution in [0.3, 0.4) is 0 Å². The fourth-order valence-electron chi connectivity index (χ4n) is 2.89. The molecular formula is C18H38OSn. The Labute approximate surface area is 132 Å². The van der Waals surface area contributed by atoms with E-state index in [1.54, 1.807) is 20.4 Å². The molecule has 1 nitrogen and oxygen atoms in total. The molecule has 0 aliphatic carbocycles. The van der Waals surface area contributed by atoms with Crippen LogP contribution in [0, 0.1) is 0 Å². The Kier molecular flexibility index (Phi) is 14.8. The van der Waals surface area contributed by atoms with Crippen LogP contribution in [0.2, 0.25) is 13.3 Å². The topological polar surface area (TPSA) is 9.23 Å². The van der Waals surface area contributed by atoms with Gasteiger partial charge in [-0.3, -0.25) is 0 Å². The summed E-state index contributed by atoms with van der Waals surface area (Å²) in [5.74, 6) is 0. The van der Waals surface area contributed by atoms with Gasteiger partial charge in [-0.05, 0) is 0 Å². The average Bonchev–Trinajstić information content (AvgIpc) is 2.48. The van der Waals surface area contributed by atoms with Gasteiger partial charge in [0.2, 0.25) is 0 Å². The molecule has 0 rings (SSSR count). The second-order valence-electron chi connectivity index (χ2n) is 6.21. The van der Waals surface area contributed by atoms with E-state index in [9.17, 15) is 0 Å². The summed E-state index contributed by atoms with van der Waals surface area (Å²) >= 11 is -1.97. The van der Waals surface area contributed by atoms with Gasteiger partial charge in [-0.25, -0.2) is 0 Å². The van der Waals surface area contributed by atoms with Crippen LogP contribution in [0.4, 0.5) is 0 Å². The molecule has 0 N–H and O–H groups in total. The van der Waals surface area contributed by atoms with Gasteiger partial charge in [0.1, 0.15) is 0 Å². The molecule has 0 aromatic rings. The number of methoxy groups -OCH3 is 1. The number of hydrogen-bond donors (Lipinski definition) is 0. The van der Waals surface area contributed by atoms with Crippen molar-refractivity contribution in [2.24, 2.45) is 0 Å². The van der Waals surface area contributed by atoms with E-state index in [2.05, 4.69) is 30.9 Å². The molecule has 0 aliphatic rings. The summed E-state index contributed by atoms with van der Waals surface area (Å²) < 4.78 is 12.7. The molecular weight excluding hydrogens is 351 g/mol. The van der Waals surface area contributed by atoms with Crippen molar-refractivity contribution < 1.29 is 4.74 Å². The predicted octanol–water partition coefficient (Wildman–Crippen LogP) is 6.36. The third-order valence-corrected chi connectivity index (χ3v) is 18.5. The van der Waals surface area contributed by atoms with Crippen LogP contribution >= 0.6 is 0 Å². The summed E-state index contributed by atoms with van der Waals surface area (Å²) in [4.78, 5) is 0. The number of hydrogen-bond acceptors (Lipinski definition) is 1. The van der Waals surface area contributed by atoms with Gasteiger partial charge in [0, 0.05) is 0 Å². The van der Waals surface area contributed by atoms with E-state index in [4.69, 9.17) is 4.74 Å². The number of allylic oxidation sites excluding steroid dienone is 1. The minimum absolute atomic E-state index is 0.908. The normalized spacial score (nSPS) is 12.4. The van der Waals surface area contributed by atoms with E-state index >= 15 is 0 Å². The van der Waals surface area contributed by atoms with E-state index in [-0.39, 0.29) is 0 Å². The van der Waals surface area contributed by atoms with E-state index in [1.165, 1.54) is 51.4 Å². The second-order valence-corrected chi connectivity index (χ2v) is 19.2. The maximum atomic E-state index is 5.15. The molecule has 0 aromatic heterocycles. The predicted molar refractivity (Wildman–Crippen MR) is 95.1 cm³/mol. The molecule has 0 saturated carbocycles. The molecule has 2 heteroatoms. The maximum absolute atomic E-state index is 5.15. The van der Waals surface area contributed by atoms with Crippen molar-refractivity contribution in [3.63, 3.8) is 0 Å². The second kappa shape index (κ2) is 14.4. The summed E-state index contributed by atoms with van der Waals surface area (Å²) in [5.41, 5.74) is 0. The zero-order valence-corrected chi connectivity index (χ0v) is 17.4. The van der Waals surface area contributed by atoms with Gasteiger partial charge in [-0.2, -0.15) is 0 Å². The fraction of sp³-hybridized carbons (Fsp3) is 0.889. The molecule has 0 fully saturated rings. The SMILES string of the molecule is CCC[CH2][Sn](/[CH]=C\CCCOC)([CH2]CCC)[CH2]CCC. The first-order valence-electron chi connectivity index (χ1n) is 8.91. The zero-order valence-electron chi connectivity index (χ0n) is 14.5. The molecule has 0 heterocycles. The Morgan fingerprint density at radius 1 is 0.800 bits per heavy atom. The monoisotopic (exact) mass is 390 g/mol. The van der Waals surface area contributed by atoms with Crippen LogP contribution in [0.25, 0.3) is 0 Å². The summed E-state index contributed by atoms with van der Waals surface area (Å²) in [7, 11) is 1.80. The Morgan fingerprint density at radius 3 is 1.70 bits per heavy atom. The Morgan fingerprint density at radius 2 is 1.30 bits per heavy atom. The molecule has 0 amide bonds. The van der Waals surface area contributed by atoms with Gasteiger partial charge >= 0.3 is 132 Å². The van der Waals surface area contributed by atoms with Crippen molar-refractivity contribution in [3.8, 4) is 0 Å². The third-order valence-electron chi connectivity index (χ3n) is 4.28. The van der Waals surface area contributed by atoms with Crippen LogP contribution < -0.4 is 0 Å². The zero-order chi connectivity index (χ0) is 15.1. The molecule has 0 radical (unpaired) electrons. The first-order chi connectivity index (χ1) is 9.74. The van der Waals surface area contributed by atoms with Crippen molar-refractivity contribution in [2.75, 3.05) is 13.7 Å². The van der Waals surface area contributed by atoms with Crippen molar-refractivity contribution in [3.05, 3.63) is 10.2 Å². The Bertz CT molecular complexity index is 204. The van der Waals surface area contributed by atoms with E-state index in [0.717, 1.165) is 6.61 Å². The van der Waals surface area contributed by atoms with Crippen LogP contribution in [0.1, 0.15) is 72.1 Å². The molecule has 0 spiro atoms. The van der Waals surface area contributed by atoms with E-state index in [0.29, 0.717) is 0 Å². The number of unbranched alkanes of at least 4 members (excludes halogenated alkanes) is 4. The summed E-state index contributed by atoms with van der Waals surface area (Å²) in [6.07, 6.45) is 13.4. The van der Waals surface area contributed by atoms with Gasteiger partial charge in [0.05, 0.1) is 0 Å². The van der Waals surface area contributed by atoms with Crippen molar-refractivity contribution in [1.29, 1.82) is 0 Å². The van der Waals surface area contributed by atoms with Crippen LogP contribution in [0.5, 0.6) is 0 Å². The standard InChI is InChI=1S/C6H11O.3C4H9.Sn/c1-3-4-5-6-7-2;3*1-3-4-2;/h1,3H,4-6H2,2H3;3*1,3-4H2,2H3;. The number of ether oxygens (including phenoxy) is 1. The molecule has 20 heavy (non-hydrogen) atoms. The van der Waals surface area contributed by atoms with Gasteiger partial charge in [-0.1, -0.05) is 0 Å². The summed E-state index contributed by atoms with van der Waals surface area (Å²) in [6, 6.07) is 0. The molecule has 0 bridgehead atoms. The number of rotatable bonds is 14. The van der Waals surface area contributed by atoms with Gasteiger partial charge in [0.25, 0.3) is 0 Å². The Hall–Kier alpha value is 0.499. The van der Waals surface area contributed by atoms with Gasteiger partial charge in [-0.15, -0.1) is 0 Å². The van der Waals surface area contributed by atoms with Crippen molar-refractivity contribution in [2.45, 2.75) is 85.4 Å². The minimum atomic E-state index is -1.97.